The molecule has 1 fully saturated rings. The van der Waals surface area contributed by atoms with E-state index in [1.54, 1.807) is 20.3 Å². The molecule has 1 aliphatic rings. The molecule has 164 valence electrons. The monoisotopic (exact) mass is 424 g/mol. The standard InChI is InChI=1S/C24H29FN4O2/c1-16-19-14-17(25)9-10-21(19)28-24(27-16)29-12-5-6-18(11-13-29)26-15-20-22(30-2)7-4-8-23(20)31-3/h4,7-10,14,18,26H,5-6,11-13,15H2,1-3H3/t18-/m0/s1. The average Bonchev–Trinajstić information content (AvgIpc) is 3.03. The molecule has 1 atom stereocenters. The van der Waals surface area contributed by atoms with Gasteiger partial charge in [0.15, 0.2) is 0 Å². The highest BCUT2D eigenvalue weighted by molar-refractivity contribution is 5.81. The number of fused-ring (bicyclic) bond motifs is 1. The van der Waals surface area contributed by atoms with E-state index in [0.29, 0.717) is 12.6 Å². The van der Waals surface area contributed by atoms with Crippen LogP contribution >= 0.6 is 0 Å². The largest absolute Gasteiger partial charge is 0.496 e. The van der Waals surface area contributed by atoms with E-state index in [-0.39, 0.29) is 5.82 Å². The van der Waals surface area contributed by atoms with Gasteiger partial charge in [-0.3, -0.25) is 0 Å². The van der Waals surface area contributed by atoms with Gasteiger partial charge in [-0.1, -0.05) is 6.07 Å². The number of nitrogens with one attached hydrogen (secondary N) is 1. The van der Waals surface area contributed by atoms with Crippen LogP contribution in [0, 0.1) is 12.7 Å². The maximum absolute atomic E-state index is 13.6. The normalized spacial score (nSPS) is 16.9. The number of halogens is 1. The van der Waals surface area contributed by atoms with Crippen molar-refractivity contribution in [2.24, 2.45) is 0 Å². The Hall–Kier alpha value is -2.93. The fraction of sp³-hybridized carbons (Fsp3) is 0.417. The summed E-state index contributed by atoms with van der Waals surface area (Å²) in [7, 11) is 3.36. The first-order chi connectivity index (χ1) is 15.1. The third-order valence-corrected chi connectivity index (χ3v) is 5.94. The molecule has 2 heterocycles. The van der Waals surface area contributed by atoms with Gasteiger partial charge < -0.3 is 19.7 Å². The molecule has 6 nitrogen and oxygen atoms in total. The van der Waals surface area contributed by atoms with Crippen LogP contribution in [0.1, 0.15) is 30.5 Å². The van der Waals surface area contributed by atoms with Crippen molar-refractivity contribution < 1.29 is 13.9 Å². The van der Waals surface area contributed by atoms with Crippen LogP contribution in [0.5, 0.6) is 11.5 Å². The minimum Gasteiger partial charge on any atom is -0.496 e. The van der Waals surface area contributed by atoms with E-state index in [1.807, 2.05) is 25.1 Å². The van der Waals surface area contributed by atoms with Gasteiger partial charge in [0.05, 0.1) is 25.4 Å². The van der Waals surface area contributed by atoms with Crippen molar-refractivity contribution >= 4 is 16.9 Å². The quantitative estimate of drug-likeness (QED) is 0.639. The van der Waals surface area contributed by atoms with Crippen LogP contribution in [0.2, 0.25) is 0 Å². The topological polar surface area (TPSA) is 59.5 Å². The molecule has 0 saturated carbocycles. The summed E-state index contributed by atoms with van der Waals surface area (Å²) >= 11 is 0. The lowest BCUT2D eigenvalue weighted by atomic mass is 10.1. The molecule has 0 radical (unpaired) electrons. The van der Waals surface area contributed by atoms with E-state index in [2.05, 4.69) is 15.2 Å². The maximum Gasteiger partial charge on any atom is 0.226 e. The predicted octanol–water partition coefficient (Wildman–Crippen LogP) is 4.24. The molecule has 0 amide bonds. The molecule has 31 heavy (non-hydrogen) atoms. The number of anilines is 1. The van der Waals surface area contributed by atoms with Crippen molar-refractivity contribution in [2.45, 2.75) is 38.8 Å². The van der Waals surface area contributed by atoms with Gasteiger partial charge in [0.2, 0.25) is 5.95 Å². The Kier molecular flexibility index (Phi) is 6.51. The predicted molar refractivity (Wildman–Crippen MR) is 120 cm³/mol. The minimum absolute atomic E-state index is 0.262. The zero-order chi connectivity index (χ0) is 21.8. The van der Waals surface area contributed by atoms with Gasteiger partial charge in [-0.25, -0.2) is 14.4 Å². The fourth-order valence-corrected chi connectivity index (χ4v) is 4.23. The number of ether oxygens (including phenoxy) is 2. The lowest BCUT2D eigenvalue weighted by molar-refractivity contribution is 0.376. The number of methoxy groups -OCH3 is 2. The van der Waals surface area contributed by atoms with Crippen LogP contribution in [0.4, 0.5) is 10.3 Å². The van der Waals surface area contributed by atoms with Crippen molar-refractivity contribution in [3.8, 4) is 11.5 Å². The van der Waals surface area contributed by atoms with Gasteiger partial charge in [0.25, 0.3) is 0 Å². The second kappa shape index (κ2) is 9.47. The van der Waals surface area contributed by atoms with E-state index in [9.17, 15) is 4.39 Å². The van der Waals surface area contributed by atoms with E-state index < -0.39 is 0 Å². The summed E-state index contributed by atoms with van der Waals surface area (Å²) in [6.45, 7) is 4.37. The molecule has 0 spiro atoms. The summed E-state index contributed by atoms with van der Waals surface area (Å²) in [6, 6.07) is 10.9. The SMILES string of the molecule is COc1cccc(OC)c1CN[C@H]1CCCN(c2nc(C)c3cc(F)ccc3n2)CC1. The van der Waals surface area contributed by atoms with Gasteiger partial charge in [-0.05, 0) is 56.5 Å². The first-order valence-electron chi connectivity index (χ1n) is 10.7. The Morgan fingerprint density at radius 3 is 2.58 bits per heavy atom. The summed E-state index contributed by atoms with van der Waals surface area (Å²) < 4.78 is 24.6. The number of benzene rings is 2. The molecule has 1 N–H and O–H groups in total. The Bertz CT molecular complexity index is 1040. The number of hydrogen-bond acceptors (Lipinski definition) is 6. The minimum atomic E-state index is -0.262. The van der Waals surface area contributed by atoms with Gasteiger partial charge in [0.1, 0.15) is 17.3 Å². The van der Waals surface area contributed by atoms with Crippen LogP contribution in [-0.2, 0) is 6.54 Å². The van der Waals surface area contributed by atoms with E-state index in [4.69, 9.17) is 14.5 Å². The molecule has 7 heteroatoms. The summed E-state index contributed by atoms with van der Waals surface area (Å²) in [5.41, 5.74) is 2.63. The molecule has 0 unspecified atom stereocenters. The second-order valence-corrected chi connectivity index (χ2v) is 7.91. The molecule has 1 saturated heterocycles. The fourth-order valence-electron chi connectivity index (χ4n) is 4.23. The molecule has 2 aromatic carbocycles. The molecule has 3 aromatic rings. The molecule has 1 aromatic heterocycles. The zero-order valence-corrected chi connectivity index (χ0v) is 18.3. The Balaban J connectivity index is 1.44. The molecule has 0 aliphatic carbocycles. The first kappa shape index (κ1) is 21.3. The number of aromatic nitrogens is 2. The lowest BCUT2D eigenvalue weighted by Crippen LogP contribution is -2.31. The van der Waals surface area contributed by atoms with E-state index in [1.165, 1.54) is 12.1 Å². The van der Waals surface area contributed by atoms with Crippen molar-refractivity contribution in [1.82, 2.24) is 15.3 Å². The van der Waals surface area contributed by atoms with Gasteiger partial charge in [-0.15, -0.1) is 0 Å². The van der Waals surface area contributed by atoms with E-state index in [0.717, 1.165) is 72.0 Å². The Morgan fingerprint density at radius 2 is 1.84 bits per heavy atom. The summed E-state index contributed by atoms with van der Waals surface area (Å²) in [4.78, 5) is 11.6. The molecular weight excluding hydrogens is 395 g/mol. The number of aryl methyl sites for hydroxylation is 1. The third kappa shape index (κ3) is 4.71. The van der Waals surface area contributed by atoms with Crippen molar-refractivity contribution in [1.29, 1.82) is 0 Å². The summed E-state index contributed by atoms with van der Waals surface area (Å²) in [5.74, 6) is 2.13. The number of nitrogens with zero attached hydrogens (tertiary/aromatic N) is 3. The highest BCUT2D eigenvalue weighted by Gasteiger charge is 2.20. The molecular formula is C24H29FN4O2. The molecule has 0 bridgehead atoms. The van der Waals surface area contributed by atoms with Crippen molar-refractivity contribution in [3.05, 3.63) is 53.5 Å². The highest BCUT2D eigenvalue weighted by Crippen LogP contribution is 2.28. The Morgan fingerprint density at radius 1 is 1.06 bits per heavy atom. The summed E-state index contributed by atoms with van der Waals surface area (Å²) in [6.07, 6.45) is 3.11. The second-order valence-electron chi connectivity index (χ2n) is 7.91. The van der Waals surface area contributed by atoms with Crippen molar-refractivity contribution in [2.75, 3.05) is 32.2 Å². The van der Waals surface area contributed by atoms with Gasteiger partial charge >= 0.3 is 0 Å². The third-order valence-electron chi connectivity index (χ3n) is 5.94. The molecule has 4 rings (SSSR count). The van der Waals surface area contributed by atoms with Crippen LogP contribution in [0.3, 0.4) is 0 Å². The maximum atomic E-state index is 13.6. The van der Waals surface area contributed by atoms with Gasteiger partial charge in [-0.2, -0.15) is 0 Å². The van der Waals surface area contributed by atoms with E-state index >= 15 is 0 Å². The lowest BCUT2D eigenvalue weighted by Gasteiger charge is -2.22. The van der Waals surface area contributed by atoms with Crippen LogP contribution in [0.25, 0.3) is 10.9 Å². The number of hydrogen-bond donors (Lipinski definition) is 1. The first-order valence-corrected chi connectivity index (χ1v) is 10.7. The van der Waals surface area contributed by atoms with Crippen LogP contribution in [0.15, 0.2) is 36.4 Å². The van der Waals surface area contributed by atoms with Gasteiger partial charge in [0, 0.05) is 36.6 Å². The zero-order valence-electron chi connectivity index (χ0n) is 18.3. The summed E-state index contributed by atoms with van der Waals surface area (Å²) in [5, 5.41) is 4.44. The number of rotatable bonds is 6. The smallest absolute Gasteiger partial charge is 0.226 e. The van der Waals surface area contributed by atoms with Crippen molar-refractivity contribution in [3.63, 3.8) is 0 Å². The highest BCUT2D eigenvalue weighted by atomic mass is 19.1. The van der Waals surface area contributed by atoms with Crippen LogP contribution < -0.4 is 19.7 Å². The van der Waals surface area contributed by atoms with Crippen LogP contribution in [-0.4, -0.2) is 43.3 Å². The molecule has 1 aliphatic heterocycles. The Labute approximate surface area is 182 Å². The average molecular weight is 425 g/mol.